The van der Waals surface area contributed by atoms with Gasteiger partial charge < -0.3 is 10.6 Å². The van der Waals surface area contributed by atoms with E-state index in [4.69, 9.17) is 5.73 Å². The van der Waals surface area contributed by atoms with Crippen LogP contribution in [0.3, 0.4) is 0 Å². The molecule has 2 atom stereocenters. The van der Waals surface area contributed by atoms with Gasteiger partial charge in [0.2, 0.25) is 5.91 Å². The zero-order valence-electron chi connectivity index (χ0n) is 11.1. The second kappa shape index (κ2) is 5.17. The summed E-state index contributed by atoms with van der Waals surface area (Å²) in [5.74, 6) is 0.743. The summed E-state index contributed by atoms with van der Waals surface area (Å²) in [5.41, 5.74) is 5.54. The molecule has 1 saturated heterocycles. The Bertz CT molecular complexity index is 248. The highest BCUT2D eigenvalue weighted by molar-refractivity contribution is 5.86. The first-order valence-electron chi connectivity index (χ1n) is 6.56. The van der Waals surface area contributed by atoms with Crippen molar-refractivity contribution in [2.75, 3.05) is 6.54 Å². The highest BCUT2D eigenvalue weighted by Gasteiger charge is 2.38. The quantitative estimate of drug-likeness (QED) is 0.801. The van der Waals surface area contributed by atoms with Crippen LogP contribution in [0, 0.1) is 5.92 Å². The molecular formula is C13H26N2O. The standard InChI is InChI=1S/C13H26N2O/c1-5-13(14,6-2)12(16)15-9-7-8-10(3)11(15)4/h10-11H,5-9,14H2,1-4H3. The van der Waals surface area contributed by atoms with Crippen LogP contribution in [0.1, 0.15) is 53.4 Å². The van der Waals surface area contributed by atoms with Crippen LogP contribution in [0.25, 0.3) is 0 Å². The number of rotatable bonds is 3. The van der Waals surface area contributed by atoms with Crippen molar-refractivity contribution in [3.8, 4) is 0 Å². The predicted molar refractivity (Wildman–Crippen MR) is 67.1 cm³/mol. The highest BCUT2D eigenvalue weighted by Crippen LogP contribution is 2.26. The second-order valence-corrected chi connectivity index (χ2v) is 5.22. The van der Waals surface area contributed by atoms with Gasteiger partial charge in [-0.1, -0.05) is 20.8 Å². The number of nitrogens with zero attached hydrogens (tertiary/aromatic N) is 1. The molecule has 2 unspecified atom stereocenters. The minimum Gasteiger partial charge on any atom is -0.338 e. The monoisotopic (exact) mass is 226 g/mol. The maximum absolute atomic E-state index is 12.4. The second-order valence-electron chi connectivity index (χ2n) is 5.22. The van der Waals surface area contributed by atoms with Gasteiger partial charge in [-0.3, -0.25) is 4.79 Å². The van der Waals surface area contributed by atoms with Crippen molar-refractivity contribution in [1.82, 2.24) is 4.90 Å². The molecule has 1 amide bonds. The van der Waals surface area contributed by atoms with Gasteiger partial charge in [-0.25, -0.2) is 0 Å². The van der Waals surface area contributed by atoms with E-state index in [-0.39, 0.29) is 5.91 Å². The van der Waals surface area contributed by atoms with Crippen molar-refractivity contribution in [3.05, 3.63) is 0 Å². The van der Waals surface area contributed by atoms with Gasteiger partial charge in [0.25, 0.3) is 0 Å². The average Bonchev–Trinajstić information content (AvgIpc) is 2.31. The number of hydrogen-bond acceptors (Lipinski definition) is 2. The highest BCUT2D eigenvalue weighted by atomic mass is 16.2. The van der Waals surface area contributed by atoms with Gasteiger partial charge in [0.15, 0.2) is 0 Å². The number of carbonyl (C=O) groups excluding carboxylic acids is 1. The molecule has 1 rings (SSSR count). The van der Waals surface area contributed by atoms with Gasteiger partial charge >= 0.3 is 0 Å². The average molecular weight is 226 g/mol. The van der Waals surface area contributed by atoms with Gasteiger partial charge in [0.1, 0.15) is 0 Å². The van der Waals surface area contributed by atoms with E-state index in [0.717, 1.165) is 25.8 Å². The molecule has 0 spiro atoms. The third kappa shape index (κ3) is 2.40. The first-order valence-corrected chi connectivity index (χ1v) is 6.56. The zero-order chi connectivity index (χ0) is 12.3. The predicted octanol–water partition coefficient (Wildman–Crippen LogP) is 2.15. The molecule has 1 aliphatic rings. The molecule has 1 aliphatic heterocycles. The topological polar surface area (TPSA) is 46.3 Å². The smallest absolute Gasteiger partial charge is 0.242 e. The molecule has 0 aromatic carbocycles. The Balaban J connectivity index is 2.79. The first kappa shape index (κ1) is 13.5. The van der Waals surface area contributed by atoms with Gasteiger partial charge in [0, 0.05) is 12.6 Å². The lowest BCUT2D eigenvalue weighted by atomic mass is 9.87. The van der Waals surface area contributed by atoms with Gasteiger partial charge in [-0.15, -0.1) is 0 Å². The molecular weight excluding hydrogens is 200 g/mol. The molecule has 0 aromatic heterocycles. The van der Waals surface area contributed by atoms with Gasteiger partial charge in [-0.2, -0.15) is 0 Å². The maximum Gasteiger partial charge on any atom is 0.242 e. The van der Waals surface area contributed by atoms with Crippen LogP contribution in [0.5, 0.6) is 0 Å². The van der Waals surface area contributed by atoms with Crippen molar-refractivity contribution >= 4 is 5.91 Å². The molecule has 0 aromatic rings. The third-order valence-corrected chi connectivity index (χ3v) is 4.32. The SMILES string of the molecule is CCC(N)(CC)C(=O)N1CCCC(C)C1C. The van der Waals surface area contributed by atoms with E-state index >= 15 is 0 Å². The summed E-state index contributed by atoms with van der Waals surface area (Å²) in [6, 6.07) is 0.335. The molecule has 0 saturated carbocycles. The minimum atomic E-state index is -0.647. The van der Waals surface area contributed by atoms with E-state index < -0.39 is 5.54 Å². The van der Waals surface area contributed by atoms with Crippen molar-refractivity contribution < 1.29 is 4.79 Å². The summed E-state index contributed by atoms with van der Waals surface area (Å²) in [6.45, 7) is 9.25. The van der Waals surface area contributed by atoms with Crippen LogP contribution < -0.4 is 5.73 Å². The molecule has 3 nitrogen and oxygen atoms in total. The van der Waals surface area contributed by atoms with E-state index in [1.54, 1.807) is 0 Å². The number of nitrogens with two attached hydrogens (primary N) is 1. The Kier molecular flexibility index (Phi) is 4.36. The summed E-state index contributed by atoms with van der Waals surface area (Å²) in [6.07, 6.45) is 3.78. The van der Waals surface area contributed by atoms with Crippen molar-refractivity contribution in [1.29, 1.82) is 0 Å². The number of amides is 1. The number of hydrogen-bond donors (Lipinski definition) is 1. The summed E-state index contributed by atoms with van der Waals surface area (Å²) in [5, 5.41) is 0. The molecule has 0 aliphatic carbocycles. The molecule has 1 heterocycles. The van der Waals surface area contributed by atoms with Crippen LogP contribution in [-0.2, 0) is 4.79 Å². The molecule has 3 heteroatoms. The number of carbonyl (C=O) groups is 1. The molecule has 94 valence electrons. The number of piperidine rings is 1. The fraction of sp³-hybridized carbons (Fsp3) is 0.923. The molecule has 0 bridgehead atoms. The third-order valence-electron chi connectivity index (χ3n) is 4.32. The van der Waals surface area contributed by atoms with E-state index in [1.165, 1.54) is 6.42 Å². The number of likely N-dealkylation sites (tertiary alicyclic amines) is 1. The summed E-state index contributed by atoms with van der Waals surface area (Å²) < 4.78 is 0. The Morgan fingerprint density at radius 2 is 1.94 bits per heavy atom. The van der Waals surface area contributed by atoms with Crippen molar-refractivity contribution in [2.24, 2.45) is 11.7 Å². The first-order chi connectivity index (χ1) is 7.46. The Hall–Kier alpha value is -0.570. The van der Waals surface area contributed by atoms with Crippen LogP contribution in [0.15, 0.2) is 0 Å². The fourth-order valence-electron chi connectivity index (χ4n) is 2.46. The normalized spacial score (nSPS) is 26.9. The van der Waals surface area contributed by atoms with E-state index in [0.29, 0.717) is 12.0 Å². The molecule has 16 heavy (non-hydrogen) atoms. The molecule has 1 fully saturated rings. The van der Waals surface area contributed by atoms with Crippen LogP contribution in [0.4, 0.5) is 0 Å². The lowest BCUT2D eigenvalue weighted by Gasteiger charge is -2.42. The maximum atomic E-state index is 12.4. The van der Waals surface area contributed by atoms with Crippen molar-refractivity contribution in [3.63, 3.8) is 0 Å². The molecule has 0 radical (unpaired) electrons. The molecule has 2 N–H and O–H groups in total. The largest absolute Gasteiger partial charge is 0.338 e. The van der Waals surface area contributed by atoms with Gasteiger partial charge in [0.05, 0.1) is 5.54 Å². The summed E-state index contributed by atoms with van der Waals surface area (Å²) >= 11 is 0. The van der Waals surface area contributed by atoms with Gasteiger partial charge in [-0.05, 0) is 38.5 Å². The summed E-state index contributed by atoms with van der Waals surface area (Å²) in [7, 11) is 0. The lowest BCUT2D eigenvalue weighted by Crippen LogP contribution is -2.59. The summed E-state index contributed by atoms with van der Waals surface area (Å²) in [4.78, 5) is 14.4. The van der Waals surface area contributed by atoms with E-state index in [1.807, 2.05) is 18.7 Å². The Morgan fingerprint density at radius 3 is 2.44 bits per heavy atom. The van der Waals surface area contributed by atoms with Crippen molar-refractivity contribution in [2.45, 2.75) is 65.0 Å². The fourth-order valence-corrected chi connectivity index (χ4v) is 2.46. The minimum absolute atomic E-state index is 0.150. The van der Waals surface area contributed by atoms with E-state index in [9.17, 15) is 4.79 Å². The van der Waals surface area contributed by atoms with E-state index in [2.05, 4.69) is 13.8 Å². The Labute approximate surface area is 99.4 Å². The zero-order valence-corrected chi connectivity index (χ0v) is 11.1. The van der Waals surface area contributed by atoms with Crippen LogP contribution in [0.2, 0.25) is 0 Å². The van der Waals surface area contributed by atoms with Crippen LogP contribution in [-0.4, -0.2) is 28.9 Å². The van der Waals surface area contributed by atoms with Crippen LogP contribution >= 0.6 is 0 Å². The Morgan fingerprint density at radius 1 is 1.38 bits per heavy atom. The lowest BCUT2D eigenvalue weighted by molar-refractivity contribution is -0.142.